The van der Waals surface area contributed by atoms with Crippen molar-refractivity contribution in [3.63, 3.8) is 0 Å². The number of para-hydroxylation sites is 1. The van der Waals surface area contributed by atoms with Crippen molar-refractivity contribution in [3.8, 4) is 0 Å². The number of pyridine rings is 1. The summed E-state index contributed by atoms with van der Waals surface area (Å²) in [4.78, 5) is 19.9. The van der Waals surface area contributed by atoms with Gasteiger partial charge in [-0.1, -0.05) is 38.5 Å². The third-order valence-electron chi connectivity index (χ3n) is 3.64. The topological polar surface area (TPSA) is 83.0 Å². The van der Waals surface area contributed by atoms with Crippen LogP contribution < -0.4 is 5.73 Å². The molecule has 0 aliphatic heterocycles. The average Bonchev–Trinajstić information content (AvgIpc) is 2.95. The van der Waals surface area contributed by atoms with Gasteiger partial charge in [0.15, 0.2) is 5.82 Å². The van der Waals surface area contributed by atoms with E-state index in [1.165, 1.54) is 13.3 Å². The van der Waals surface area contributed by atoms with E-state index in [9.17, 15) is 4.79 Å². The van der Waals surface area contributed by atoms with Crippen molar-refractivity contribution in [2.24, 2.45) is 0 Å². The maximum atomic E-state index is 10.9. The van der Waals surface area contributed by atoms with E-state index in [2.05, 4.69) is 35.3 Å². The zero-order valence-corrected chi connectivity index (χ0v) is 15.4. The third kappa shape index (κ3) is 4.07. The number of hydrogen-bond donors (Lipinski definition) is 1. The highest BCUT2D eigenvalue weighted by atomic mass is 16.5. The van der Waals surface area contributed by atoms with Gasteiger partial charge in [-0.05, 0) is 13.0 Å². The fourth-order valence-electron chi connectivity index (χ4n) is 2.72. The first-order chi connectivity index (χ1) is 12.0. The number of aryl methyl sites for hydroxylation is 1. The van der Waals surface area contributed by atoms with Crippen LogP contribution in [-0.2, 0) is 22.5 Å². The summed E-state index contributed by atoms with van der Waals surface area (Å²) >= 11 is 0. The quantitative estimate of drug-likeness (QED) is 0.731. The molecule has 0 spiro atoms. The van der Waals surface area contributed by atoms with Crippen LogP contribution in [0.3, 0.4) is 0 Å². The number of fused-ring (bicyclic) bond motifs is 3. The summed E-state index contributed by atoms with van der Waals surface area (Å²) in [5, 5.41) is 1.03. The van der Waals surface area contributed by atoms with E-state index >= 15 is 0 Å². The molecule has 25 heavy (non-hydrogen) atoms. The monoisotopic (exact) mass is 342 g/mol. The van der Waals surface area contributed by atoms with Crippen LogP contribution >= 0.6 is 0 Å². The van der Waals surface area contributed by atoms with E-state index in [-0.39, 0.29) is 5.97 Å². The number of anilines is 1. The predicted molar refractivity (Wildman–Crippen MR) is 101 cm³/mol. The second-order valence-electron chi connectivity index (χ2n) is 5.78. The number of benzene rings is 1. The second-order valence-corrected chi connectivity index (χ2v) is 5.78. The van der Waals surface area contributed by atoms with Crippen LogP contribution in [0.15, 0.2) is 24.3 Å². The number of rotatable bonds is 4. The molecule has 0 saturated heterocycles. The van der Waals surface area contributed by atoms with E-state index in [1.807, 2.05) is 24.3 Å². The summed E-state index contributed by atoms with van der Waals surface area (Å²) < 4.78 is 7.13. The second kappa shape index (κ2) is 8.46. The molecule has 134 valence electrons. The molecule has 3 aromatic rings. The van der Waals surface area contributed by atoms with Gasteiger partial charge >= 0.3 is 5.97 Å². The molecule has 0 bridgehead atoms. The zero-order valence-electron chi connectivity index (χ0n) is 15.4. The fraction of sp³-hybridized carbons (Fsp3) is 0.421. The molecule has 0 aliphatic carbocycles. The summed E-state index contributed by atoms with van der Waals surface area (Å²) in [5.41, 5.74) is 8.62. The molecule has 2 aromatic heterocycles. The molecule has 0 fully saturated rings. The Morgan fingerprint density at radius 3 is 2.52 bits per heavy atom. The van der Waals surface area contributed by atoms with E-state index in [0.717, 1.165) is 28.8 Å². The summed E-state index contributed by atoms with van der Waals surface area (Å²) in [6, 6.07) is 7.88. The Hall–Kier alpha value is -2.63. The Balaban J connectivity index is 0.000000701. The summed E-state index contributed by atoms with van der Waals surface area (Å²) in [6.07, 6.45) is 1.80. The first kappa shape index (κ1) is 18.7. The largest absolute Gasteiger partial charge is 0.465 e. The molecule has 0 unspecified atom stereocenters. The Kier molecular flexibility index (Phi) is 6.33. The molecule has 2 heterocycles. The minimum atomic E-state index is -0.286. The van der Waals surface area contributed by atoms with Crippen molar-refractivity contribution in [2.45, 2.75) is 47.1 Å². The number of nitrogen functional groups attached to an aromatic ring is 1. The predicted octanol–water partition coefficient (Wildman–Crippen LogP) is 3.71. The molecule has 6 nitrogen and oxygen atoms in total. The zero-order chi connectivity index (χ0) is 18.4. The summed E-state index contributed by atoms with van der Waals surface area (Å²) in [5.74, 6) is 0.990. The average molecular weight is 342 g/mol. The van der Waals surface area contributed by atoms with Crippen LogP contribution in [0.4, 0.5) is 5.82 Å². The van der Waals surface area contributed by atoms with Gasteiger partial charge in [0.25, 0.3) is 0 Å². The Bertz CT molecular complexity index is 871. The highest BCUT2D eigenvalue weighted by Gasteiger charge is 2.16. The van der Waals surface area contributed by atoms with Crippen LogP contribution in [-0.4, -0.2) is 27.1 Å². The van der Waals surface area contributed by atoms with Gasteiger partial charge in [-0.2, -0.15) is 0 Å². The molecule has 6 heteroatoms. The summed E-state index contributed by atoms with van der Waals surface area (Å²) in [7, 11) is 0. The first-order valence-electron chi connectivity index (χ1n) is 8.70. The van der Waals surface area contributed by atoms with Crippen LogP contribution in [0.2, 0.25) is 0 Å². The van der Waals surface area contributed by atoms with E-state index in [0.29, 0.717) is 24.4 Å². The lowest BCUT2D eigenvalue weighted by molar-refractivity contribution is -0.140. The number of aromatic nitrogens is 3. The van der Waals surface area contributed by atoms with Gasteiger partial charge in [0.2, 0.25) is 0 Å². The SMILES string of the molecule is CCC.CCn1c(CCOC(C)=O)nc2c(N)nc3ccccc3c21. The number of carbonyl (C=O) groups excluding carboxylic acids is 1. The Morgan fingerprint density at radius 1 is 1.20 bits per heavy atom. The molecule has 1 aromatic carbocycles. The maximum absolute atomic E-state index is 10.9. The summed E-state index contributed by atoms with van der Waals surface area (Å²) in [6.45, 7) is 8.78. The molecule has 2 N–H and O–H groups in total. The van der Waals surface area contributed by atoms with E-state index in [4.69, 9.17) is 10.5 Å². The molecule has 0 amide bonds. The van der Waals surface area contributed by atoms with E-state index in [1.54, 1.807) is 0 Å². The lowest BCUT2D eigenvalue weighted by atomic mass is 10.2. The number of hydrogen-bond acceptors (Lipinski definition) is 5. The van der Waals surface area contributed by atoms with Crippen LogP contribution in [0.25, 0.3) is 21.9 Å². The van der Waals surface area contributed by atoms with Crippen LogP contribution in [0, 0.1) is 0 Å². The van der Waals surface area contributed by atoms with Gasteiger partial charge < -0.3 is 15.0 Å². The van der Waals surface area contributed by atoms with Gasteiger partial charge in [0.05, 0.1) is 17.6 Å². The highest BCUT2D eigenvalue weighted by Crippen LogP contribution is 2.28. The van der Waals surface area contributed by atoms with Crippen LogP contribution in [0.1, 0.15) is 39.9 Å². The van der Waals surface area contributed by atoms with Crippen molar-refractivity contribution in [3.05, 3.63) is 30.1 Å². The van der Waals surface area contributed by atoms with Crippen molar-refractivity contribution in [1.82, 2.24) is 14.5 Å². The Labute approximate surface area is 148 Å². The third-order valence-corrected chi connectivity index (χ3v) is 3.64. The standard InChI is InChI=1S/C16H18N4O2.C3H8/c1-3-20-13(8-9-22-10(2)21)19-14-15(20)11-6-4-5-7-12(11)18-16(14)17;1-3-2/h4-7H,3,8-9H2,1-2H3,(H2,17,18);3H2,1-2H3. The number of esters is 1. The van der Waals surface area contributed by atoms with E-state index < -0.39 is 0 Å². The number of carbonyl (C=O) groups is 1. The van der Waals surface area contributed by atoms with Crippen molar-refractivity contribution >= 4 is 33.7 Å². The normalized spacial score (nSPS) is 10.6. The smallest absolute Gasteiger partial charge is 0.302 e. The van der Waals surface area contributed by atoms with Gasteiger partial charge in [0.1, 0.15) is 11.3 Å². The fourth-order valence-corrected chi connectivity index (χ4v) is 2.72. The lowest BCUT2D eigenvalue weighted by Crippen LogP contribution is -2.08. The molecule has 0 saturated carbocycles. The number of ether oxygens (including phenoxy) is 1. The molecule has 0 aliphatic rings. The molecular weight excluding hydrogens is 316 g/mol. The van der Waals surface area contributed by atoms with Gasteiger partial charge in [0, 0.05) is 25.3 Å². The molecule has 0 atom stereocenters. The van der Waals surface area contributed by atoms with Crippen molar-refractivity contribution in [1.29, 1.82) is 0 Å². The van der Waals surface area contributed by atoms with Crippen molar-refractivity contribution < 1.29 is 9.53 Å². The lowest BCUT2D eigenvalue weighted by Gasteiger charge is -2.08. The first-order valence-corrected chi connectivity index (χ1v) is 8.70. The number of nitrogens with zero attached hydrogens (tertiary/aromatic N) is 3. The molecule has 3 rings (SSSR count). The van der Waals surface area contributed by atoms with Crippen molar-refractivity contribution in [2.75, 3.05) is 12.3 Å². The highest BCUT2D eigenvalue weighted by molar-refractivity contribution is 6.06. The van der Waals surface area contributed by atoms with Crippen LogP contribution in [0.5, 0.6) is 0 Å². The number of imidazole rings is 1. The van der Waals surface area contributed by atoms with Gasteiger partial charge in [-0.15, -0.1) is 0 Å². The number of nitrogens with two attached hydrogens (primary N) is 1. The van der Waals surface area contributed by atoms with Gasteiger partial charge in [-0.3, -0.25) is 4.79 Å². The molecule has 0 radical (unpaired) electrons. The Morgan fingerprint density at radius 2 is 1.88 bits per heavy atom. The molecular formula is C19H26N4O2. The minimum Gasteiger partial charge on any atom is -0.465 e. The minimum absolute atomic E-state index is 0.286. The van der Waals surface area contributed by atoms with Gasteiger partial charge in [-0.25, -0.2) is 9.97 Å². The maximum Gasteiger partial charge on any atom is 0.302 e.